The lowest BCUT2D eigenvalue weighted by atomic mass is 9.78. The molecule has 1 aromatic carbocycles. The second-order valence-electron chi connectivity index (χ2n) is 10.2. The van der Waals surface area contributed by atoms with Crippen molar-refractivity contribution in [1.82, 2.24) is 10.0 Å². The molecule has 4 aliphatic rings. The lowest BCUT2D eigenvalue weighted by Gasteiger charge is -2.41. The number of esters is 1. The number of hydrazine groups is 1. The molecule has 1 atom stereocenters. The summed E-state index contributed by atoms with van der Waals surface area (Å²) in [6, 6.07) is 4.84. The fraction of sp³-hybridized carbons (Fsp3) is 0.500. The summed E-state index contributed by atoms with van der Waals surface area (Å²) in [6.07, 6.45) is 13.5. The summed E-state index contributed by atoms with van der Waals surface area (Å²) in [5.41, 5.74) is 0.596. The molecule has 0 amide bonds. The SMILES string of the molecule is CC1(CC2=CC=NC=CC2)C(=O)c2ccc(OC(=O)C3CCN(N4CCCCC4)CC3)cc2C1=O. The zero-order chi connectivity index (χ0) is 24.4. The molecule has 0 bridgehead atoms. The van der Waals surface area contributed by atoms with Crippen LogP contribution in [0.4, 0.5) is 0 Å². The van der Waals surface area contributed by atoms with E-state index in [2.05, 4.69) is 15.0 Å². The number of nitrogens with zero attached hydrogens (tertiary/aromatic N) is 3. The molecule has 2 saturated heterocycles. The van der Waals surface area contributed by atoms with Crippen LogP contribution in [0.15, 0.2) is 47.1 Å². The number of carbonyl (C=O) groups is 3. The number of ether oxygens (including phenoxy) is 1. The summed E-state index contributed by atoms with van der Waals surface area (Å²) in [5, 5.41) is 4.81. The second kappa shape index (κ2) is 9.99. The van der Waals surface area contributed by atoms with E-state index < -0.39 is 5.41 Å². The largest absolute Gasteiger partial charge is 0.426 e. The van der Waals surface area contributed by atoms with Crippen molar-refractivity contribution in [3.8, 4) is 5.75 Å². The lowest BCUT2D eigenvalue weighted by Crippen LogP contribution is -2.50. The standard InChI is InChI=1S/C28H33N3O4/c1-28(19-20-6-5-12-29-13-9-20)25(32)23-8-7-22(18-24(23)26(28)33)35-27(34)21-10-16-31(17-11-21)30-14-3-2-4-15-30/h5,7-9,12-13,18,21H,2-4,6,10-11,14-17,19H2,1H3. The smallest absolute Gasteiger partial charge is 0.314 e. The first kappa shape index (κ1) is 23.8. The summed E-state index contributed by atoms with van der Waals surface area (Å²) in [7, 11) is 0. The number of benzene rings is 1. The monoisotopic (exact) mass is 475 g/mol. The highest BCUT2D eigenvalue weighted by Crippen LogP contribution is 2.43. The molecule has 2 fully saturated rings. The van der Waals surface area contributed by atoms with Gasteiger partial charge in [-0.25, -0.2) is 10.0 Å². The molecule has 7 nitrogen and oxygen atoms in total. The van der Waals surface area contributed by atoms with Gasteiger partial charge in [-0.2, -0.15) is 0 Å². The van der Waals surface area contributed by atoms with E-state index in [1.807, 2.05) is 12.2 Å². The van der Waals surface area contributed by atoms with Gasteiger partial charge in [0.15, 0.2) is 11.6 Å². The predicted octanol–water partition coefficient (Wildman–Crippen LogP) is 4.39. The van der Waals surface area contributed by atoms with E-state index in [1.165, 1.54) is 19.3 Å². The number of hydrogen-bond acceptors (Lipinski definition) is 7. The average Bonchev–Trinajstić information content (AvgIpc) is 3.07. The van der Waals surface area contributed by atoms with Crippen molar-refractivity contribution in [3.05, 3.63) is 53.3 Å². The van der Waals surface area contributed by atoms with Crippen LogP contribution in [-0.4, -0.2) is 59.9 Å². The highest BCUT2D eigenvalue weighted by molar-refractivity contribution is 6.29. The maximum atomic E-state index is 13.4. The van der Waals surface area contributed by atoms with E-state index in [1.54, 1.807) is 37.5 Å². The summed E-state index contributed by atoms with van der Waals surface area (Å²) < 4.78 is 5.71. The number of rotatable bonds is 5. The molecule has 5 rings (SSSR count). The van der Waals surface area contributed by atoms with Gasteiger partial charge < -0.3 is 4.74 Å². The fourth-order valence-corrected chi connectivity index (χ4v) is 5.69. The van der Waals surface area contributed by atoms with Gasteiger partial charge in [0.2, 0.25) is 0 Å². The van der Waals surface area contributed by atoms with Crippen LogP contribution < -0.4 is 4.74 Å². The Labute approximate surface area is 206 Å². The molecule has 1 aromatic rings. The van der Waals surface area contributed by atoms with Crippen LogP contribution >= 0.6 is 0 Å². The first-order chi connectivity index (χ1) is 17.0. The number of fused-ring (bicyclic) bond motifs is 1. The van der Waals surface area contributed by atoms with Crippen molar-refractivity contribution < 1.29 is 19.1 Å². The van der Waals surface area contributed by atoms with Gasteiger partial charge in [-0.1, -0.05) is 18.1 Å². The highest BCUT2D eigenvalue weighted by Gasteiger charge is 2.49. The Morgan fingerprint density at radius 3 is 2.51 bits per heavy atom. The third-order valence-electron chi connectivity index (χ3n) is 7.79. The van der Waals surface area contributed by atoms with Crippen molar-refractivity contribution in [2.45, 2.75) is 51.9 Å². The van der Waals surface area contributed by atoms with Crippen LogP contribution in [0.2, 0.25) is 0 Å². The topological polar surface area (TPSA) is 79.3 Å². The van der Waals surface area contributed by atoms with Crippen molar-refractivity contribution in [3.63, 3.8) is 0 Å². The molecule has 3 heterocycles. The first-order valence-electron chi connectivity index (χ1n) is 12.8. The predicted molar refractivity (Wildman–Crippen MR) is 134 cm³/mol. The molecule has 0 N–H and O–H groups in total. The molecular weight excluding hydrogens is 442 g/mol. The molecule has 0 saturated carbocycles. The normalized spacial score (nSPS) is 25.9. The van der Waals surface area contributed by atoms with Gasteiger partial charge in [0.05, 0.1) is 11.3 Å². The summed E-state index contributed by atoms with van der Waals surface area (Å²) in [4.78, 5) is 43.6. The van der Waals surface area contributed by atoms with Crippen molar-refractivity contribution >= 4 is 23.8 Å². The van der Waals surface area contributed by atoms with Crippen LogP contribution in [0.3, 0.4) is 0 Å². The maximum Gasteiger partial charge on any atom is 0.314 e. The number of ketones is 2. The molecule has 3 aliphatic heterocycles. The van der Waals surface area contributed by atoms with Gasteiger partial charge >= 0.3 is 5.97 Å². The molecular formula is C28H33N3O4. The number of Topliss-reactive ketones (excluding diaryl/α,β-unsaturated/α-hetero) is 2. The number of hydrogen-bond donors (Lipinski definition) is 0. The van der Waals surface area contributed by atoms with E-state index in [4.69, 9.17) is 4.74 Å². The van der Waals surface area contributed by atoms with E-state index in [9.17, 15) is 14.4 Å². The maximum absolute atomic E-state index is 13.4. The lowest BCUT2D eigenvalue weighted by molar-refractivity contribution is -0.143. The minimum atomic E-state index is -1.15. The van der Waals surface area contributed by atoms with Crippen LogP contribution in [0.25, 0.3) is 0 Å². The van der Waals surface area contributed by atoms with E-state index in [-0.39, 0.29) is 23.5 Å². The first-order valence-corrected chi connectivity index (χ1v) is 12.8. The molecule has 1 aliphatic carbocycles. The fourth-order valence-electron chi connectivity index (χ4n) is 5.69. The highest BCUT2D eigenvalue weighted by atomic mass is 16.5. The summed E-state index contributed by atoms with van der Waals surface area (Å²) in [5.74, 6) is -0.453. The third-order valence-corrected chi connectivity index (χ3v) is 7.79. The van der Waals surface area contributed by atoms with Crippen LogP contribution in [-0.2, 0) is 4.79 Å². The molecule has 0 aromatic heterocycles. The van der Waals surface area contributed by atoms with E-state index in [0.717, 1.165) is 44.6 Å². The summed E-state index contributed by atoms with van der Waals surface area (Å²) >= 11 is 0. The minimum absolute atomic E-state index is 0.149. The van der Waals surface area contributed by atoms with Crippen molar-refractivity contribution in [1.29, 1.82) is 0 Å². The zero-order valence-corrected chi connectivity index (χ0v) is 20.4. The number of carbonyl (C=O) groups excluding carboxylic acids is 3. The Morgan fingerprint density at radius 2 is 1.74 bits per heavy atom. The molecule has 0 spiro atoms. The quantitative estimate of drug-likeness (QED) is 0.357. The molecule has 35 heavy (non-hydrogen) atoms. The van der Waals surface area contributed by atoms with Gasteiger partial charge in [0.25, 0.3) is 0 Å². The van der Waals surface area contributed by atoms with Crippen LogP contribution in [0, 0.1) is 11.3 Å². The van der Waals surface area contributed by atoms with E-state index in [0.29, 0.717) is 29.7 Å². The van der Waals surface area contributed by atoms with Gasteiger partial charge in [0.1, 0.15) is 5.75 Å². The molecule has 184 valence electrons. The Hall–Kier alpha value is -2.90. The van der Waals surface area contributed by atoms with Gasteiger partial charge in [-0.05, 0) is 69.7 Å². The Morgan fingerprint density at radius 1 is 1.03 bits per heavy atom. The molecule has 1 unspecified atom stereocenters. The van der Waals surface area contributed by atoms with Crippen LogP contribution in [0.5, 0.6) is 5.75 Å². The minimum Gasteiger partial charge on any atom is -0.426 e. The Kier molecular flexibility index (Phi) is 6.80. The zero-order valence-electron chi connectivity index (χ0n) is 20.4. The van der Waals surface area contributed by atoms with Crippen molar-refractivity contribution in [2.24, 2.45) is 16.3 Å². The van der Waals surface area contributed by atoms with Gasteiger partial charge in [0, 0.05) is 49.7 Å². The number of piperidine rings is 2. The molecule has 0 radical (unpaired) electrons. The van der Waals surface area contributed by atoms with E-state index >= 15 is 0 Å². The Balaban J connectivity index is 1.23. The third kappa shape index (κ3) is 4.80. The average molecular weight is 476 g/mol. The molecule has 7 heteroatoms. The van der Waals surface area contributed by atoms with Gasteiger partial charge in [-0.15, -0.1) is 0 Å². The Bertz CT molecular complexity index is 1110. The number of aliphatic imine (C=N–C) groups is 1. The summed E-state index contributed by atoms with van der Waals surface area (Å²) in [6.45, 7) is 5.66. The number of allylic oxidation sites excluding steroid dienone is 3. The van der Waals surface area contributed by atoms with Gasteiger partial charge in [-0.3, -0.25) is 19.4 Å². The van der Waals surface area contributed by atoms with Crippen molar-refractivity contribution in [2.75, 3.05) is 26.2 Å². The van der Waals surface area contributed by atoms with Crippen LogP contribution in [0.1, 0.15) is 72.6 Å². The second-order valence-corrected chi connectivity index (χ2v) is 10.2.